The van der Waals surface area contributed by atoms with Gasteiger partial charge in [0, 0.05) is 17.6 Å². The summed E-state index contributed by atoms with van der Waals surface area (Å²) in [7, 11) is 0. The van der Waals surface area contributed by atoms with Gasteiger partial charge in [0.05, 0.1) is 11.3 Å². The van der Waals surface area contributed by atoms with E-state index in [9.17, 15) is 4.79 Å². The highest BCUT2D eigenvalue weighted by Gasteiger charge is 2.17. The van der Waals surface area contributed by atoms with Crippen LogP contribution in [0.15, 0.2) is 62.6 Å². The molecule has 0 aliphatic carbocycles. The molecule has 0 fully saturated rings. The highest BCUT2D eigenvalue weighted by Crippen LogP contribution is 2.29. The Morgan fingerprint density at radius 1 is 1.14 bits per heavy atom. The third kappa shape index (κ3) is 5.45. The molecule has 0 atom stereocenters. The average molecular weight is 460 g/mol. The molecule has 0 radical (unpaired) electrons. The molecule has 146 valence electrons. The van der Waals surface area contributed by atoms with E-state index in [0.717, 1.165) is 28.6 Å². The van der Waals surface area contributed by atoms with Crippen LogP contribution in [0.2, 0.25) is 0 Å². The fourth-order valence-corrected chi connectivity index (χ4v) is 3.82. The molecule has 3 rings (SSSR count). The lowest BCUT2D eigenvalue weighted by Gasteiger charge is -2.22. The molecule has 3 aromatic rings. The monoisotopic (exact) mass is 459 g/mol. The first-order chi connectivity index (χ1) is 13.6. The number of halogens is 1. The van der Waals surface area contributed by atoms with Crippen molar-refractivity contribution in [2.24, 2.45) is 0 Å². The molecule has 7 heteroatoms. The van der Waals surface area contributed by atoms with Crippen molar-refractivity contribution >= 4 is 33.6 Å². The number of amides is 1. The predicted octanol–water partition coefficient (Wildman–Crippen LogP) is 5.34. The molecule has 28 heavy (non-hydrogen) atoms. The van der Waals surface area contributed by atoms with E-state index < -0.39 is 0 Å². The summed E-state index contributed by atoms with van der Waals surface area (Å²) >= 11 is 4.75. The van der Waals surface area contributed by atoms with Gasteiger partial charge in [-0.2, -0.15) is 0 Å². The first-order valence-corrected chi connectivity index (χ1v) is 10.9. The first-order valence-electron chi connectivity index (χ1n) is 9.11. The van der Waals surface area contributed by atoms with Crippen LogP contribution in [0.25, 0.3) is 11.5 Å². The van der Waals surface area contributed by atoms with Gasteiger partial charge in [0.2, 0.25) is 11.8 Å². The fourth-order valence-electron chi connectivity index (χ4n) is 2.70. The maximum Gasteiger partial charge on any atom is 0.277 e. The Morgan fingerprint density at radius 3 is 2.61 bits per heavy atom. The first kappa shape index (κ1) is 20.6. The van der Waals surface area contributed by atoms with E-state index >= 15 is 0 Å². The Labute approximate surface area is 177 Å². The van der Waals surface area contributed by atoms with E-state index in [0.29, 0.717) is 17.7 Å². The number of hydrogen-bond donors (Lipinski definition) is 0. The Morgan fingerprint density at radius 2 is 1.89 bits per heavy atom. The van der Waals surface area contributed by atoms with Crippen LogP contribution in [0, 0.1) is 6.92 Å². The maximum atomic E-state index is 12.7. The van der Waals surface area contributed by atoms with Crippen molar-refractivity contribution in [3.63, 3.8) is 0 Å². The Bertz CT molecular complexity index is 927. The van der Waals surface area contributed by atoms with E-state index in [1.807, 2.05) is 29.2 Å². The highest BCUT2D eigenvalue weighted by molar-refractivity contribution is 9.10. The van der Waals surface area contributed by atoms with Crippen molar-refractivity contribution in [1.82, 2.24) is 15.1 Å². The molecule has 0 aliphatic heterocycles. The number of aromatic nitrogens is 2. The molecular weight excluding hydrogens is 438 g/mol. The van der Waals surface area contributed by atoms with Gasteiger partial charge in [0.15, 0.2) is 0 Å². The van der Waals surface area contributed by atoms with Gasteiger partial charge in [0.25, 0.3) is 5.22 Å². The Balaban J connectivity index is 1.61. The molecule has 0 saturated heterocycles. The van der Waals surface area contributed by atoms with Gasteiger partial charge in [-0.15, -0.1) is 10.2 Å². The summed E-state index contributed by atoms with van der Waals surface area (Å²) in [6, 6.07) is 15.9. The van der Waals surface area contributed by atoms with Crippen molar-refractivity contribution in [3.8, 4) is 11.5 Å². The second-order valence-corrected chi connectivity index (χ2v) is 8.22. The third-order valence-corrected chi connectivity index (χ3v) is 5.66. The van der Waals surface area contributed by atoms with Crippen molar-refractivity contribution in [2.45, 2.75) is 32.0 Å². The van der Waals surface area contributed by atoms with Crippen LogP contribution in [0.4, 0.5) is 0 Å². The predicted molar refractivity (Wildman–Crippen MR) is 115 cm³/mol. The Hall–Kier alpha value is -2.12. The van der Waals surface area contributed by atoms with Crippen LogP contribution >= 0.6 is 27.7 Å². The SMILES string of the molecule is CCCN(Cc1ccc(C)cc1)C(=O)CSc1nnc(-c2ccccc2Br)o1. The van der Waals surface area contributed by atoms with Gasteiger partial charge in [0.1, 0.15) is 0 Å². The molecule has 0 N–H and O–H groups in total. The number of aryl methyl sites for hydroxylation is 1. The minimum atomic E-state index is 0.0630. The minimum Gasteiger partial charge on any atom is -0.411 e. The lowest BCUT2D eigenvalue weighted by atomic mass is 10.1. The van der Waals surface area contributed by atoms with Crippen LogP contribution in [0.3, 0.4) is 0 Å². The zero-order valence-electron chi connectivity index (χ0n) is 15.9. The van der Waals surface area contributed by atoms with Gasteiger partial charge < -0.3 is 9.32 Å². The zero-order valence-corrected chi connectivity index (χ0v) is 18.3. The lowest BCUT2D eigenvalue weighted by Crippen LogP contribution is -2.32. The van der Waals surface area contributed by atoms with E-state index in [1.165, 1.54) is 17.3 Å². The summed E-state index contributed by atoms with van der Waals surface area (Å²) in [4.78, 5) is 14.6. The van der Waals surface area contributed by atoms with Gasteiger partial charge >= 0.3 is 0 Å². The van der Waals surface area contributed by atoms with Crippen molar-refractivity contribution in [2.75, 3.05) is 12.3 Å². The fraction of sp³-hybridized carbons (Fsp3) is 0.286. The number of thioether (sulfide) groups is 1. The standard InChI is InChI=1S/C21H22BrN3O2S/c1-3-12-25(13-16-10-8-15(2)9-11-16)19(26)14-28-21-24-23-20(27-21)17-6-4-5-7-18(17)22/h4-11H,3,12-14H2,1-2H3. The molecule has 1 heterocycles. The number of carbonyl (C=O) groups is 1. The number of benzene rings is 2. The second kappa shape index (κ2) is 9.89. The van der Waals surface area contributed by atoms with Crippen LogP contribution in [0.1, 0.15) is 24.5 Å². The number of rotatable bonds is 8. The zero-order chi connectivity index (χ0) is 19.9. The molecule has 0 unspecified atom stereocenters. The van der Waals surface area contributed by atoms with E-state index in [2.05, 4.69) is 64.2 Å². The van der Waals surface area contributed by atoms with Gasteiger partial charge in [-0.1, -0.05) is 60.6 Å². The molecule has 0 bridgehead atoms. The number of hydrogen-bond acceptors (Lipinski definition) is 5. The second-order valence-electron chi connectivity index (χ2n) is 6.44. The quantitative estimate of drug-likeness (QED) is 0.425. The number of nitrogens with zero attached hydrogens (tertiary/aromatic N) is 3. The van der Waals surface area contributed by atoms with Crippen molar-refractivity contribution in [3.05, 3.63) is 64.1 Å². The molecule has 5 nitrogen and oxygen atoms in total. The van der Waals surface area contributed by atoms with E-state index in [1.54, 1.807) is 0 Å². The normalized spacial score (nSPS) is 10.8. The number of carbonyl (C=O) groups excluding carboxylic acids is 1. The molecule has 1 amide bonds. The molecule has 0 aliphatic rings. The van der Waals surface area contributed by atoms with E-state index in [-0.39, 0.29) is 11.7 Å². The summed E-state index contributed by atoms with van der Waals surface area (Å²) in [6.45, 7) is 5.46. The lowest BCUT2D eigenvalue weighted by molar-refractivity contribution is -0.129. The van der Waals surface area contributed by atoms with Gasteiger partial charge in [-0.3, -0.25) is 4.79 Å². The molecule has 0 spiro atoms. The topological polar surface area (TPSA) is 59.2 Å². The molecule has 2 aromatic carbocycles. The van der Waals surface area contributed by atoms with Crippen LogP contribution in [0.5, 0.6) is 0 Å². The van der Waals surface area contributed by atoms with Crippen molar-refractivity contribution < 1.29 is 9.21 Å². The third-order valence-electron chi connectivity index (χ3n) is 4.17. The van der Waals surface area contributed by atoms with E-state index in [4.69, 9.17) is 4.42 Å². The minimum absolute atomic E-state index is 0.0630. The summed E-state index contributed by atoms with van der Waals surface area (Å²) in [6.07, 6.45) is 0.912. The summed E-state index contributed by atoms with van der Waals surface area (Å²) in [5, 5.41) is 8.54. The van der Waals surface area contributed by atoms with Crippen LogP contribution in [-0.4, -0.2) is 33.3 Å². The molecular formula is C21H22BrN3O2S. The molecule has 1 aromatic heterocycles. The molecule has 0 saturated carbocycles. The highest BCUT2D eigenvalue weighted by atomic mass is 79.9. The summed E-state index contributed by atoms with van der Waals surface area (Å²) < 4.78 is 6.60. The van der Waals surface area contributed by atoms with Crippen LogP contribution in [-0.2, 0) is 11.3 Å². The van der Waals surface area contributed by atoms with Crippen LogP contribution < -0.4 is 0 Å². The summed E-state index contributed by atoms with van der Waals surface area (Å²) in [5.74, 6) is 0.768. The maximum absolute atomic E-state index is 12.7. The average Bonchev–Trinajstić information content (AvgIpc) is 3.16. The van der Waals surface area contributed by atoms with Gasteiger partial charge in [-0.25, -0.2) is 0 Å². The largest absolute Gasteiger partial charge is 0.411 e. The summed E-state index contributed by atoms with van der Waals surface area (Å²) in [5.41, 5.74) is 3.18. The van der Waals surface area contributed by atoms with Gasteiger partial charge in [-0.05, 0) is 47.0 Å². The Kier molecular flexibility index (Phi) is 7.28. The smallest absolute Gasteiger partial charge is 0.277 e. The van der Waals surface area contributed by atoms with Crippen molar-refractivity contribution in [1.29, 1.82) is 0 Å².